The number of carbonyl (C=O) groups excluding carboxylic acids is 1. The maximum atomic E-state index is 13.1. The van der Waals surface area contributed by atoms with Crippen molar-refractivity contribution in [3.63, 3.8) is 0 Å². The molecule has 0 saturated carbocycles. The number of H-pyrrole nitrogens is 3. The van der Waals surface area contributed by atoms with Crippen LogP contribution in [0.15, 0.2) is 24.3 Å². The Bertz CT molecular complexity index is 1970. The van der Waals surface area contributed by atoms with E-state index in [0.717, 1.165) is 96.0 Å². The molecule has 4 aromatic rings. The van der Waals surface area contributed by atoms with E-state index < -0.39 is 12.5 Å². The van der Waals surface area contributed by atoms with Gasteiger partial charge in [0.1, 0.15) is 6.61 Å². The minimum Gasteiger partial charge on any atom is -0.387 e. The molecule has 1 aliphatic rings. The van der Waals surface area contributed by atoms with E-state index in [0.29, 0.717) is 0 Å². The van der Waals surface area contributed by atoms with Crippen molar-refractivity contribution in [2.24, 2.45) is 0 Å². The van der Waals surface area contributed by atoms with Gasteiger partial charge in [-0.3, -0.25) is 4.79 Å². The molecule has 0 unspecified atom stereocenters. The quantitative estimate of drug-likeness (QED) is 0.187. The van der Waals surface area contributed by atoms with Crippen LogP contribution in [-0.4, -0.2) is 37.1 Å². The predicted octanol–water partition coefficient (Wildman–Crippen LogP) is 4.15. The lowest BCUT2D eigenvalue weighted by atomic mass is 9.97. The molecule has 0 atom stereocenters. The van der Waals surface area contributed by atoms with Gasteiger partial charge in [0.15, 0.2) is 0 Å². The lowest BCUT2D eigenvalue weighted by Gasteiger charge is -2.14. The smallest absolute Gasteiger partial charge is 0.250 e. The van der Waals surface area contributed by atoms with Crippen LogP contribution in [0.2, 0.25) is 0 Å². The SMILES string of the molecule is CCC1=c2ccc([nH]2)=C(CC)c2[nH]c(c(CC)c2CC)C(NC(=O)CO)=c2c(CC)c(CC)c(n2CC)=C(CC)c2ccc1[nH]2. The second-order valence-electron chi connectivity index (χ2n) is 11.8. The third-order valence-electron chi connectivity index (χ3n) is 9.64. The molecule has 0 aliphatic carbocycles. The maximum absolute atomic E-state index is 13.1. The number of hydrogen-bond donors (Lipinski definition) is 5. The number of hydrogen-bond acceptors (Lipinski definition) is 2. The predicted molar refractivity (Wildman–Crippen MR) is 185 cm³/mol. The van der Waals surface area contributed by atoms with E-state index in [4.69, 9.17) is 0 Å². The van der Waals surface area contributed by atoms with E-state index in [1.54, 1.807) is 0 Å². The molecule has 240 valence electrons. The van der Waals surface area contributed by atoms with Crippen LogP contribution < -0.4 is 26.7 Å². The van der Waals surface area contributed by atoms with Crippen LogP contribution in [0.1, 0.15) is 120 Å². The topological polar surface area (TPSA) is 102 Å². The highest BCUT2D eigenvalue weighted by atomic mass is 16.3. The van der Waals surface area contributed by atoms with Gasteiger partial charge < -0.3 is 29.9 Å². The highest BCUT2D eigenvalue weighted by molar-refractivity contribution is 5.88. The number of aliphatic hydroxyl groups excluding tert-OH is 1. The molecule has 5 heterocycles. The summed E-state index contributed by atoms with van der Waals surface area (Å²) in [6, 6.07) is 8.86. The number of nitrogens with zero attached hydrogens (tertiary/aromatic N) is 1. The summed E-state index contributed by atoms with van der Waals surface area (Å²) in [6.45, 7) is 17.9. The molecule has 1 aliphatic heterocycles. The van der Waals surface area contributed by atoms with Crippen molar-refractivity contribution in [2.75, 3.05) is 6.61 Å². The second kappa shape index (κ2) is 13.6. The molecule has 0 saturated heterocycles. The molecular weight excluding hydrogens is 558 g/mol. The van der Waals surface area contributed by atoms with Crippen LogP contribution in [0.3, 0.4) is 0 Å². The maximum Gasteiger partial charge on any atom is 0.250 e. The number of rotatable bonds is 10. The standard InChI is InChI=1S/C38H51N5O2/c1-9-22-23(10-2)35-36(41-33(45)21-44)38-25(12-4)24(11-3)37(43(38)16-8)28(15-7)32-20-18-30(40-32)26(13-5)29-17-19-31(39-29)27(14-6)34(22)42-35/h17-20,39-40,42,44H,9-16,21H2,1-8H3,(H,41,45). The van der Waals surface area contributed by atoms with E-state index in [-0.39, 0.29) is 0 Å². The van der Waals surface area contributed by atoms with Gasteiger partial charge in [-0.25, -0.2) is 0 Å². The molecule has 5 N–H and O–H groups in total. The first kappa shape index (κ1) is 32.4. The van der Waals surface area contributed by atoms with Gasteiger partial charge in [-0.1, -0.05) is 48.5 Å². The third kappa shape index (κ3) is 5.35. The van der Waals surface area contributed by atoms with Gasteiger partial charge in [0.25, 0.3) is 0 Å². The molecule has 1 amide bonds. The van der Waals surface area contributed by atoms with Crippen LogP contribution in [-0.2, 0) is 37.0 Å². The zero-order valence-corrected chi connectivity index (χ0v) is 28.5. The molecule has 8 bridgehead atoms. The monoisotopic (exact) mass is 609 g/mol. The number of aliphatic hydroxyl groups is 1. The summed E-state index contributed by atoms with van der Waals surface area (Å²) in [5.41, 5.74) is 13.9. The fraction of sp³-hybridized carbons (Fsp3) is 0.447. The highest BCUT2D eigenvalue weighted by Gasteiger charge is 2.26. The zero-order chi connectivity index (χ0) is 32.4. The van der Waals surface area contributed by atoms with Gasteiger partial charge in [0.2, 0.25) is 5.91 Å². The number of aromatic nitrogens is 4. The Labute approximate surface area is 266 Å². The summed E-state index contributed by atoms with van der Waals surface area (Å²) in [7, 11) is 0. The molecule has 0 radical (unpaired) electrons. The zero-order valence-electron chi connectivity index (χ0n) is 28.5. The number of aromatic amines is 3. The van der Waals surface area contributed by atoms with Crippen LogP contribution in [0, 0.1) is 0 Å². The van der Waals surface area contributed by atoms with Gasteiger partial charge in [-0.05, 0) is 115 Å². The van der Waals surface area contributed by atoms with Gasteiger partial charge in [0, 0.05) is 34.3 Å². The Morgan fingerprint density at radius 3 is 1.69 bits per heavy atom. The van der Waals surface area contributed by atoms with Crippen molar-refractivity contribution in [3.05, 3.63) is 90.7 Å². The second-order valence-corrected chi connectivity index (χ2v) is 11.8. The van der Waals surface area contributed by atoms with Crippen LogP contribution in [0.25, 0.3) is 22.4 Å². The van der Waals surface area contributed by atoms with Crippen molar-refractivity contribution in [2.45, 2.75) is 107 Å². The fourth-order valence-corrected chi connectivity index (χ4v) is 7.69. The van der Waals surface area contributed by atoms with Crippen LogP contribution >= 0.6 is 0 Å². The minimum absolute atomic E-state index is 0.411. The van der Waals surface area contributed by atoms with Crippen molar-refractivity contribution >= 4 is 28.3 Å². The van der Waals surface area contributed by atoms with Gasteiger partial charge >= 0.3 is 0 Å². The number of fused-ring (bicyclic) bond motifs is 8. The summed E-state index contributed by atoms with van der Waals surface area (Å²) in [4.78, 5) is 24.6. The average molecular weight is 610 g/mol. The Balaban J connectivity index is 2.16. The third-order valence-corrected chi connectivity index (χ3v) is 9.64. The number of amides is 1. The molecule has 7 heteroatoms. The Morgan fingerprint density at radius 1 is 0.622 bits per heavy atom. The Hall–Kier alpha value is -3.97. The molecule has 0 aromatic carbocycles. The first-order valence-electron chi connectivity index (χ1n) is 17.1. The largest absolute Gasteiger partial charge is 0.387 e. The minimum atomic E-state index is -0.577. The van der Waals surface area contributed by atoms with Crippen LogP contribution in [0.5, 0.6) is 0 Å². The molecule has 0 spiro atoms. The van der Waals surface area contributed by atoms with E-state index in [1.807, 2.05) is 0 Å². The lowest BCUT2D eigenvalue weighted by molar-refractivity contribution is -0.122. The lowest BCUT2D eigenvalue weighted by Crippen LogP contribution is -2.37. The normalized spacial score (nSPS) is 13.3. The van der Waals surface area contributed by atoms with E-state index >= 15 is 0 Å². The fourth-order valence-electron chi connectivity index (χ4n) is 7.69. The molecule has 4 aromatic heterocycles. The van der Waals surface area contributed by atoms with Gasteiger partial charge in [-0.15, -0.1) is 0 Å². The summed E-state index contributed by atoms with van der Waals surface area (Å²) < 4.78 is 2.41. The summed E-state index contributed by atoms with van der Waals surface area (Å²) in [6.07, 6.45) is 5.96. The molecule has 5 rings (SSSR count). The van der Waals surface area contributed by atoms with E-state index in [1.165, 1.54) is 44.3 Å². The average Bonchev–Trinajstić information content (AvgIpc) is 3.85. The highest BCUT2D eigenvalue weighted by Crippen LogP contribution is 2.30. The summed E-state index contributed by atoms with van der Waals surface area (Å²) in [5.74, 6) is -0.411. The number of nitrogens with one attached hydrogen (secondary N) is 4. The van der Waals surface area contributed by atoms with Gasteiger partial charge in [-0.2, -0.15) is 0 Å². The molecule has 0 fully saturated rings. The van der Waals surface area contributed by atoms with Crippen LogP contribution in [0.4, 0.5) is 0 Å². The summed E-state index contributed by atoms with van der Waals surface area (Å²) >= 11 is 0. The molecular formula is C38H51N5O2. The Morgan fingerprint density at radius 2 is 1.16 bits per heavy atom. The van der Waals surface area contributed by atoms with Crippen molar-refractivity contribution in [1.29, 1.82) is 0 Å². The number of carbonyl (C=O) groups is 1. The van der Waals surface area contributed by atoms with Gasteiger partial charge in [0.05, 0.1) is 22.1 Å². The summed E-state index contributed by atoms with van der Waals surface area (Å²) in [5, 5.41) is 17.7. The first-order chi connectivity index (χ1) is 21.8. The molecule has 45 heavy (non-hydrogen) atoms. The van der Waals surface area contributed by atoms with Crippen molar-refractivity contribution in [1.82, 2.24) is 24.8 Å². The van der Waals surface area contributed by atoms with Crippen molar-refractivity contribution < 1.29 is 9.90 Å². The van der Waals surface area contributed by atoms with E-state index in [9.17, 15) is 9.90 Å². The van der Waals surface area contributed by atoms with E-state index in [2.05, 4.69) is 104 Å². The first-order valence-corrected chi connectivity index (χ1v) is 17.1. The van der Waals surface area contributed by atoms with Crippen molar-refractivity contribution in [3.8, 4) is 0 Å². The Kier molecular flexibility index (Phi) is 9.78. The molecule has 7 nitrogen and oxygen atoms in total.